The average molecular weight is 390 g/mol. The summed E-state index contributed by atoms with van der Waals surface area (Å²) in [5.41, 5.74) is 0.0108. The first-order chi connectivity index (χ1) is 11.7. The van der Waals surface area contributed by atoms with Crippen LogP contribution in [0.15, 0.2) is 23.1 Å². The molecule has 1 aromatic carbocycles. The van der Waals surface area contributed by atoms with E-state index in [0.717, 1.165) is 0 Å². The molecule has 1 heterocycles. The summed E-state index contributed by atoms with van der Waals surface area (Å²) in [6, 6.07) is 3.96. The number of carbonyl (C=O) groups excluding carboxylic acids is 1. The summed E-state index contributed by atoms with van der Waals surface area (Å²) in [6.07, 6.45) is -0.117. The highest BCUT2D eigenvalue weighted by molar-refractivity contribution is 7.94. The molecule has 0 aliphatic carbocycles. The van der Waals surface area contributed by atoms with Crippen molar-refractivity contribution >= 4 is 31.6 Å². The van der Waals surface area contributed by atoms with Crippen LogP contribution in [-0.2, 0) is 24.8 Å². The minimum Gasteiger partial charge on any atom is -0.492 e. The second-order valence-electron chi connectivity index (χ2n) is 5.38. The maximum Gasteiger partial charge on any atom is 0.246 e. The number of carbonyl (C=O) groups is 1. The second-order valence-corrected chi connectivity index (χ2v) is 9.22. The quantitative estimate of drug-likeness (QED) is 0.693. The standard InChI is InChI=1S/C15H22N2O6S2/c1-4-16(5-2)25(21,22)14-11-12(7-8-13(14)23-6-3)17-15(18)9-10-24(17,19)20/h7-8,11H,4-6,9-10H2,1-3H3. The molecular weight excluding hydrogens is 368 g/mol. The van der Waals surface area contributed by atoms with E-state index < -0.39 is 26.0 Å². The molecule has 0 spiro atoms. The molecule has 2 rings (SSSR count). The van der Waals surface area contributed by atoms with Gasteiger partial charge in [0.15, 0.2) is 0 Å². The number of amides is 1. The van der Waals surface area contributed by atoms with Gasteiger partial charge in [-0.2, -0.15) is 4.31 Å². The Kier molecular flexibility index (Phi) is 5.75. The third-order valence-electron chi connectivity index (χ3n) is 3.86. The number of anilines is 1. The smallest absolute Gasteiger partial charge is 0.246 e. The van der Waals surface area contributed by atoms with Crippen LogP contribution in [0.5, 0.6) is 5.75 Å². The molecule has 0 N–H and O–H groups in total. The molecule has 0 unspecified atom stereocenters. The van der Waals surface area contributed by atoms with Crippen LogP contribution in [0.4, 0.5) is 5.69 Å². The zero-order chi connectivity index (χ0) is 18.8. The number of sulfonamides is 2. The van der Waals surface area contributed by atoms with E-state index >= 15 is 0 Å². The van der Waals surface area contributed by atoms with E-state index in [0.29, 0.717) is 4.31 Å². The molecule has 1 saturated heterocycles. The van der Waals surface area contributed by atoms with Gasteiger partial charge in [-0.05, 0) is 25.1 Å². The van der Waals surface area contributed by atoms with Crippen molar-refractivity contribution in [1.82, 2.24) is 4.31 Å². The van der Waals surface area contributed by atoms with E-state index in [4.69, 9.17) is 4.74 Å². The minimum atomic E-state index is -3.89. The molecule has 1 fully saturated rings. The van der Waals surface area contributed by atoms with Crippen molar-refractivity contribution in [1.29, 1.82) is 0 Å². The van der Waals surface area contributed by atoms with E-state index in [-0.39, 0.29) is 48.2 Å². The van der Waals surface area contributed by atoms with Crippen LogP contribution in [0.2, 0.25) is 0 Å². The Balaban J connectivity index is 2.64. The summed E-state index contributed by atoms with van der Waals surface area (Å²) in [5.74, 6) is -0.727. The molecule has 1 aliphatic rings. The monoisotopic (exact) mass is 390 g/mol. The van der Waals surface area contributed by atoms with E-state index in [2.05, 4.69) is 0 Å². The molecule has 140 valence electrons. The van der Waals surface area contributed by atoms with Crippen LogP contribution in [0, 0.1) is 0 Å². The number of nitrogens with zero attached hydrogens (tertiary/aromatic N) is 2. The largest absolute Gasteiger partial charge is 0.492 e. The van der Waals surface area contributed by atoms with Crippen molar-refractivity contribution in [2.75, 3.05) is 29.8 Å². The first-order valence-electron chi connectivity index (χ1n) is 8.01. The highest BCUT2D eigenvalue weighted by Crippen LogP contribution is 2.34. The van der Waals surface area contributed by atoms with Gasteiger partial charge in [-0.15, -0.1) is 0 Å². The second kappa shape index (κ2) is 7.30. The Labute approximate surface area is 148 Å². The van der Waals surface area contributed by atoms with Crippen molar-refractivity contribution in [2.45, 2.75) is 32.1 Å². The van der Waals surface area contributed by atoms with Crippen LogP contribution in [0.3, 0.4) is 0 Å². The lowest BCUT2D eigenvalue weighted by molar-refractivity contribution is -0.116. The molecule has 8 nitrogen and oxygen atoms in total. The van der Waals surface area contributed by atoms with Crippen molar-refractivity contribution < 1.29 is 26.4 Å². The van der Waals surface area contributed by atoms with Gasteiger partial charge in [0.25, 0.3) is 0 Å². The Morgan fingerprint density at radius 1 is 1.20 bits per heavy atom. The van der Waals surface area contributed by atoms with Gasteiger partial charge in [-0.25, -0.2) is 21.1 Å². The molecule has 0 radical (unpaired) electrons. The number of hydrogen-bond donors (Lipinski definition) is 0. The number of hydrogen-bond acceptors (Lipinski definition) is 6. The first kappa shape index (κ1) is 19.7. The maximum absolute atomic E-state index is 12.9. The highest BCUT2D eigenvalue weighted by Gasteiger charge is 2.37. The Morgan fingerprint density at radius 2 is 1.84 bits per heavy atom. The molecule has 1 amide bonds. The first-order valence-corrected chi connectivity index (χ1v) is 11.1. The molecular formula is C15H22N2O6S2. The zero-order valence-corrected chi connectivity index (χ0v) is 16.1. The highest BCUT2D eigenvalue weighted by atomic mass is 32.2. The van der Waals surface area contributed by atoms with Crippen LogP contribution in [0.1, 0.15) is 27.2 Å². The van der Waals surface area contributed by atoms with Crippen LogP contribution in [0.25, 0.3) is 0 Å². The number of rotatable bonds is 7. The lowest BCUT2D eigenvalue weighted by atomic mass is 10.3. The maximum atomic E-state index is 12.9. The van der Waals surface area contributed by atoms with Crippen molar-refractivity contribution in [3.8, 4) is 5.75 Å². The van der Waals surface area contributed by atoms with Crippen LogP contribution in [-0.4, -0.2) is 52.5 Å². The molecule has 0 atom stereocenters. The fourth-order valence-electron chi connectivity index (χ4n) is 2.67. The van der Waals surface area contributed by atoms with E-state index in [1.54, 1.807) is 20.8 Å². The summed E-state index contributed by atoms with van der Waals surface area (Å²) >= 11 is 0. The van der Waals surface area contributed by atoms with Gasteiger partial charge in [0.05, 0.1) is 18.0 Å². The summed E-state index contributed by atoms with van der Waals surface area (Å²) in [6.45, 7) is 5.90. The van der Waals surface area contributed by atoms with E-state index in [9.17, 15) is 21.6 Å². The predicted octanol–water partition coefficient (Wildman–Crippen LogP) is 1.18. The van der Waals surface area contributed by atoms with Crippen LogP contribution < -0.4 is 9.04 Å². The zero-order valence-electron chi connectivity index (χ0n) is 14.4. The van der Waals surface area contributed by atoms with E-state index in [1.807, 2.05) is 0 Å². The molecule has 10 heteroatoms. The summed E-state index contributed by atoms with van der Waals surface area (Å²) in [5, 5.41) is 0. The molecule has 0 saturated carbocycles. The topological polar surface area (TPSA) is 101 Å². The molecule has 1 aliphatic heterocycles. The molecule has 25 heavy (non-hydrogen) atoms. The lowest BCUT2D eigenvalue weighted by Crippen LogP contribution is -2.32. The van der Waals surface area contributed by atoms with Crippen molar-refractivity contribution in [3.63, 3.8) is 0 Å². The van der Waals surface area contributed by atoms with E-state index in [1.165, 1.54) is 22.5 Å². The Bertz CT molecular complexity index is 860. The van der Waals surface area contributed by atoms with Crippen molar-refractivity contribution in [3.05, 3.63) is 18.2 Å². The molecule has 1 aromatic rings. The van der Waals surface area contributed by atoms with Gasteiger partial charge in [0, 0.05) is 19.5 Å². The van der Waals surface area contributed by atoms with Gasteiger partial charge >= 0.3 is 0 Å². The predicted molar refractivity (Wildman–Crippen MR) is 93.6 cm³/mol. The molecule has 0 aromatic heterocycles. The average Bonchev–Trinajstić information content (AvgIpc) is 2.82. The number of ether oxygens (including phenoxy) is 1. The molecule has 0 bridgehead atoms. The van der Waals surface area contributed by atoms with Gasteiger partial charge in [-0.3, -0.25) is 4.79 Å². The summed E-state index contributed by atoms with van der Waals surface area (Å²) in [4.78, 5) is 11.8. The minimum absolute atomic E-state index is 0.0108. The number of benzene rings is 1. The Morgan fingerprint density at radius 3 is 2.32 bits per heavy atom. The fraction of sp³-hybridized carbons (Fsp3) is 0.533. The van der Waals surface area contributed by atoms with Crippen molar-refractivity contribution in [2.24, 2.45) is 0 Å². The SMILES string of the molecule is CCOc1ccc(N2C(=O)CCS2(=O)=O)cc1S(=O)(=O)N(CC)CC. The normalized spacial score (nSPS) is 17.3. The lowest BCUT2D eigenvalue weighted by Gasteiger charge is -2.22. The van der Waals surface area contributed by atoms with Crippen LogP contribution >= 0.6 is 0 Å². The summed E-state index contributed by atoms with van der Waals surface area (Å²) in [7, 11) is -7.66. The van der Waals surface area contributed by atoms with Gasteiger partial charge in [0.1, 0.15) is 10.6 Å². The Hall–Kier alpha value is -1.65. The van der Waals surface area contributed by atoms with Gasteiger partial charge < -0.3 is 4.74 Å². The summed E-state index contributed by atoms with van der Waals surface area (Å²) < 4.78 is 57.3. The third kappa shape index (κ3) is 3.65. The third-order valence-corrected chi connectivity index (χ3v) is 7.63. The van der Waals surface area contributed by atoms with Gasteiger partial charge in [0.2, 0.25) is 26.0 Å². The van der Waals surface area contributed by atoms with Gasteiger partial charge in [-0.1, -0.05) is 13.8 Å². The fourth-order valence-corrected chi connectivity index (χ4v) is 5.73.